The van der Waals surface area contributed by atoms with E-state index < -0.39 is 11.2 Å². The van der Waals surface area contributed by atoms with Crippen molar-refractivity contribution in [3.63, 3.8) is 0 Å². The minimum absolute atomic E-state index is 0.458. The van der Waals surface area contributed by atoms with Crippen LogP contribution in [0.5, 0.6) is 0 Å². The topological polar surface area (TPSA) is 32.3 Å². The van der Waals surface area contributed by atoms with Gasteiger partial charge in [0.15, 0.2) is 0 Å². The summed E-state index contributed by atoms with van der Waals surface area (Å²) in [6.45, 7) is 0. The van der Waals surface area contributed by atoms with E-state index in [4.69, 9.17) is 0 Å². The van der Waals surface area contributed by atoms with Crippen LogP contribution in [0.15, 0.2) is 0 Å². The summed E-state index contributed by atoms with van der Waals surface area (Å²) in [6, 6.07) is 0. The Hall–Kier alpha value is 0.270. The van der Waals surface area contributed by atoms with E-state index in [0.717, 1.165) is 0 Å². The van der Waals surface area contributed by atoms with Crippen molar-refractivity contribution in [2.24, 2.45) is 0 Å². The summed E-state index contributed by atoms with van der Waals surface area (Å²) in [5, 5.41) is 0. The Morgan fingerprint density at radius 2 is 2.00 bits per heavy atom. The molecule has 0 aromatic rings. The summed E-state index contributed by atoms with van der Waals surface area (Å²) in [4.78, 5) is 0. The van der Waals surface area contributed by atoms with Crippen molar-refractivity contribution in [1.29, 1.82) is 0 Å². The Morgan fingerprint density at radius 1 is 1.60 bits per heavy atom. The molecule has 5 heavy (non-hydrogen) atoms. The van der Waals surface area contributed by atoms with E-state index in [-0.39, 0.29) is 0 Å². The Labute approximate surface area is 33.3 Å². The number of rotatable bonds is 0. The molecule has 0 amide bonds. The normalized spacial score (nSPS) is 25.8. The largest absolute Gasteiger partial charge is 0.613 e. The van der Waals surface area contributed by atoms with Crippen molar-refractivity contribution in [2.75, 3.05) is 11.9 Å². The Morgan fingerprint density at radius 3 is 2.00 bits per heavy atom. The molecule has 1 saturated heterocycles. The van der Waals surface area contributed by atoms with Gasteiger partial charge in [0, 0.05) is 11.2 Å². The summed E-state index contributed by atoms with van der Waals surface area (Å²) in [6.07, 6.45) is 0. The van der Waals surface area contributed by atoms with E-state index in [9.17, 15) is 4.55 Å². The molecule has 0 radical (unpaired) electrons. The molecule has 0 saturated carbocycles. The Bertz CT molecular complexity index is 34.6. The van der Waals surface area contributed by atoms with Gasteiger partial charge in [-0.3, -0.25) is 4.74 Å². The zero-order valence-corrected chi connectivity index (χ0v) is 3.46. The summed E-state index contributed by atoms with van der Waals surface area (Å²) < 4.78 is 14.4. The van der Waals surface area contributed by atoms with Crippen molar-refractivity contribution in [3.8, 4) is 0 Å². The second kappa shape index (κ2) is 1.16. The van der Waals surface area contributed by atoms with Crippen LogP contribution in [0.3, 0.4) is 0 Å². The molecule has 1 aliphatic rings. The Balaban J connectivity index is 2.08. The van der Waals surface area contributed by atoms with Gasteiger partial charge in [-0.25, -0.2) is 0 Å². The van der Waals surface area contributed by atoms with E-state index in [1.165, 1.54) is 0 Å². The molecule has 0 spiro atoms. The van der Waals surface area contributed by atoms with E-state index in [2.05, 4.69) is 4.74 Å². The fourth-order valence-corrected chi connectivity index (χ4v) is 0.454. The summed E-state index contributed by atoms with van der Waals surface area (Å²) in [5.41, 5.74) is 0. The second-order valence-corrected chi connectivity index (χ2v) is 2.23. The molecule has 0 aromatic heterocycles. The lowest BCUT2D eigenvalue weighted by atomic mass is 11.5. The van der Waals surface area contributed by atoms with Crippen molar-refractivity contribution in [2.45, 2.75) is 0 Å². The highest BCUT2D eigenvalue weighted by Gasteiger charge is 2.15. The fraction of sp³-hybridized carbons (Fsp3) is 1.00. The van der Waals surface area contributed by atoms with E-state index in [0.29, 0.717) is 11.9 Å². The molecule has 1 rings (SSSR count). The van der Waals surface area contributed by atoms with Crippen molar-refractivity contribution in [3.05, 3.63) is 0 Å². The highest BCUT2D eigenvalue weighted by Crippen LogP contribution is 2.02. The third-order valence-corrected chi connectivity index (χ3v) is 1.29. The van der Waals surface area contributed by atoms with Crippen molar-refractivity contribution >= 4 is 11.2 Å². The number of ether oxygens (including phenoxy) is 1. The monoisotopic (exact) mass is 92.0 g/mol. The molecular weight excluding hydrogens is 88.1 g/mol. The minimum atomic E-state index is -0.614. The van der Waals surface area contributed by atoms with Crippen LogP contribution in [-0.2, 0) is 15.9 Å². The van der Waals surface area contributed by atoms with Gasteiger partial charge in [0.1, 0.15) is 0 Å². The maximum atomic E-state index is 9.89. The minimum Gasteiger partial charge on any atom is -0.613 e. The molecule has 0 N–H and O–H groups in total. The van der Waals surface area contributed by atoms with Gasteiger partial charge >= 0.3 is 0 Å². The molecule has 30 valence electrons. The molecule has 0 atom stereocenters. The lowest BCUT2D eigenvalue weighted by Gasteiger charge is -2.16. The van der Waals surface area contributed by atoms with Gasteiger partial charge in [-0.1, -0.05) is 0 Å². The highest BCUT2D eigenvalue weighted by atomic mass is 32.2. The van der Waals surface area contributed by atoms with Crippen molar-refractivity contribution in [1.82, 2.24) is 0 Å². The van der Waals surface area contributed by atoms with E-state index in [1.54, 1.807) is 0 Å². The van der Waals surface area contributed by atoms with Crippen LogP contribution in [0.4, 0.5) is 0 Å². The van der Waals surface area contributed by atoms with E-state index >= 15 is 0 Å². The summed E-state index contributed by atoms with van der Waals surface area (Å²) in [5.74, 6) is 0.917. The molecule has 0 aromatic carbocycles. The van der Waals surface area contributed by atoms with Gasteiger partial charge < -0.3 is 4.55 Å². The molecule has 3 heteroatoms. The zero-order valence-electron chi connectivity index (χ0n) is 2.64. The average molecular weight is 92.1 g/mol. The van der Waals surface area contributed by atoms with Gasteiger partial charge in [0.2, 0.25) is 11.9 Å². The lowest BCUT2D eigenvalue weighted by molar-refractivity contribution is 0.180. The van der Waals surface area contributed by atoms with Crippen LogP contribution in [0.25, 0.3) is 0 Å². The maximum Gasteiger partial charge on any atom is 0.212 e. The van der Waals surface area contributed by atoms with Crippen molar-refractivity contribution < 1.29 is 9.29 Å². The third-order valence-electron chi connectivity index (χ3n) is 0.430. The first kappa shape index (κ1) is 3.46. The molecular formula is C2H4O2S. The van der Waals surface area contributed by atoms with Crippen LogP contribution in [0.1, 0.15) is 0 Å². The zero-order chi connectivity index (χ0) is 3.70. The fourth-order valence-electron chi connectivity index (χ4n) is 0.151. The first-order valence-corrected chi connectivity index (χ1v) is 2.81. The second-order valence-electron chi connectivity index (χ2n) is 0.880. The van der Waals surface area contributed by atoms with Crippen LogP contribution < -0.4 is 0 Å². The first-order chi connectivity index (χ1) is 2.39. The first-order valence-electron chi connectivity index (χ1n) is 1.32. The van der Waals surface area contributed by atoms with Gasteiger partial charge in [-0.2, -0.15) is 0 Å². The summed E-state index contributed by atoms with van der Waals surface area (Å²) in [7, 11) is 0. The van der Waals surface area contributed by atoms with E-state index in [1.807, 2.05) is 0 Å². The molecule has 0 aliphatic carbocycles. The SMILES string of the molecule is [O-][S+]1COC1. The molecule has 2 nitrogen and oxygen atoms in total. The maximum absolute atomic E-state index is 9.89. The average Bonchev–Trinajstić information content (AvgIpc) is 1.30. The predicted octanol–water partition coefficient (Wildman–Crippen LogP) is -0.320. The number of hydrogen-bond acceptors (Lipinski definition) is 2. The third kappa shape index (κ3) is 0.560. The number of hydrogen-bond donors (Lipinski definition) is 0. The molecule has 1 aliphatic heterocycles. The van der Waals surface area contributed by atoms with Gasteiger partial charge in [-0.05, 0) is 0 Å². The molecule has 0 bridgehead atoms. The summed E-state index contributed by atoms with van der Waals surface area (Å²) >= 11 is -0.614. The molecule has 1 fully saturated rings. The van der Waals surface area contributed by atoms with Crippen LogP contribution in [0.2, 0.25) is 0 Å². The van der Waals surface area contributed by atoms with Crippen LogP contribution in [0, 0.1) is 0 Å². The standard InChI is InChI=1S/C2H4O2S/c3-5-1-4-2-5/h1-2H2. The van der Waals surface area contributed by atoms with Crippen LogP contribution >= 0.6 is 0 Å². The molecule has 0 unspecified atom stereocenters. The van der Waals surface area contributed by atoms with Gasteiger partial charge in [0.25, 0.3) is 0 Å². The predicted molar refractivity (Wildman–Crippen MR) is 19.0 cm³/mol. The molecule has 1 heterocycles. The Kier molecular flexibility index (Phi) is 0.804. The van der Waals surface area contributed by atoms with Crippen LogP contribution in [-0.4, -0.2) is 16.4 Å². The lowest BCUT2D eigenvalue weighted by Crippen LogP contribution is -2.26. The smallest absolute Gasteiger partial charge is 0.212 e. The highest BCUT2D eigenvalue weighted by molar-refractivity contribution is 7.92. The van der Waals surface area contributed by atoms with Gasteiger partial charge in [0.05, 0.1) is 0 Å². The quantitative estimate of drug-likeness (QED) is 0.383. The van der Waals surface area contributed by atoms with Gasteiger partial charge in [-0.15, -0.1) is 0 Å².